The lowest BCUT2D eigenvalue weighted by atomic mass is 9.81. The lowest BCUT2D eigenvalue weighted by Gasteiger charge is -2.24. The number of pyridine rings is 1. The summed E-state index contributed by atoms with van der Waals surface area (Å²) in [5.74, 6) is 4.59. The van der Waals surface area contributed by atoms with E-state index in [0.717, 1.165) is 0 Å². The summed E-state index contributed by atoms with van der Waals surface area (Å²) in [4.78, 5) is 18.3. The molecule has 5 nitrogen and oxygen atoms in total. The van der Waals surface area contributed by atoms with Crippen LogP contribution in [0.3, 0.4) is 0 Å². The molecule has 182 valence electrons. The molecule has 0 bridgehead atoms. The number of aromatic nitrogens is 1. The number of carboxylic acids is 1. The molecule has 1 aliphatic rings. The van der Waals surface area contributed by atoms with E-state index in [0.29, 0.717) is 72.6 Å². The Morgan fingerprint density at radius 3 is 2.86 bits per heavy atom. The highest BCUT2D eigenvalue weighted by atomic mass is 35.5. The first-order chi connectivity index (χ1) is 16.8. The number of benzene rings is 2. The van der Waals surface area contributed by atoms with Crippen LogP contribution in [0.25, 0.3) is 10.9 Å². The first kappa shape index (κ1) is 24.9. The summed E-state index contributed by atoms with van der Waals surface area (Å²) in [6.07, 6.45) is 2.98. The third-order valence-electron chi connectivity index (χ3n) is 6.56. The second kappa shape index (κ2) is 10.6. The molecule has 1 aromatic heterocycles. The number of ether oxygens (including phenoxy) is 1. The van der Waals surface area contributed by atoms with E-state index in [1.54, 1.807) is 25.3 Å². The Morgan fingerprint density at radius 2 is 2.09 bits per heavy atom. The fourth-order valence-corrected chi connectivity index (χ4v) is 4.78. The summed E-state index contributed by atoms with van der Waals surface area (Å²) in [6.45, 7) is 1.23. The van der Waals surface area contributed by atoms with Gasteiger partial charge in [-0.3, -0.25) is 14.7 Å². The largest absolute Gasteiger partial charge is 0.497 e. The SMILES string of the molecule is COc1ccc2ncc(F)c(CCCC3(C(=O)O)CCN(CC#Cc4cc(Cl)ccc4F)C3)c2c1. The van der Waals surface area contributed by atoms with Crippen molar-refractivity contribution < 1.29 is 23.4 Å². The molecule has 1 aliphatic heterocycles. The summed E-state index contributed by atoms with van der Waals surface area (Å²) in [7, 11) is 1.55. The Kier molecular flexibility index (Phi) is 7.54. The zero-order chi connectivity index (χ0) is 25.0. The molecule has 1 fully saturated rings. The van der Waals surface area contributed by atoms with Crippen molar-refractivity contribution in [1.82, 2.24) is 9.88 Å². The molecule has 1 atom stereocenters. The number of halogens is 3. The van der Waals surface area contributed by atoms with E-state index in [1.807, 2.05) is 4.90 Å². The fraction of sp³-hybridized carbons (Fsp3) is 0.333. The number of likely N-dealkylation sites (tertiary alicyclic amines) is 1. The van der Waals surface area contributed by atoms with Crippen molar-refractivity contribution in [3.63, 3.8) is 0 Å². The maximum atomic E-state index is 14.6. The van der Waals surface area contributed by atoms with Gasteiger partial charge in [0.15, 0.2) is 0 Å². The van der Waals surface area contributed by atoms with Gasteiger partial charge in [0.05, 0.1) is 36.3 Å². The quantitative estimate of drug-likeness (QED) is 0.446. The molecule has 0 amide bonds. The summed E-state index contributed by atoms with van der Waals surface area (Å²) >= 11 is 5.90. The number of carbonyl (C=O) groups is 1. The van der Waals surface area contributed by atoms with Crippen molar-refractivity contribution in [2.45, 2.75) is 25.7 Å². The molecule has 0 saturated carbocycles. The van der Waals surface area contributed by atoms with E-state index in [9.17, 15) is 18.7 Å². The normalized spacial score (nSPS) is 17.8. The Labute approximate surface area is 207 Å². The smallest absolute Gasteiger partial charge is 0.310 e. The molecule has 2 heterocycles. The number of aliphatic carboxylic acids is 1. The lowest BCUT2D eigenvalue weighted by molar-refractivity contribution is -0.148. The van der Waals surface area contributed by atoms with Gasteiger partial charge >= 0.3 is 5.97 Å². The molecule has 3 aromatic rings. The number of methoxy groups -OCH3 is 1. The molecular weight excluding hydrogens is 474 g/mol. The average molecular weight is 499 g/mol. The zero-order valence-corrected chi connectivity index (χ0v) is 20.0. The highest BCUT2D eigenvalue weighted by molar-refractivity contribution is 6.30. The summed E-state index contributed by atoms with van der Waals surface area (Å²) in [5.41, 5.74) is 0.458. The van der Waals surface area contributed by atoms with Gasteiger partial charge in [-0.2, -0.15) is 0 Å². The minimum absolute atomic E-state index is 0.212. The van der Waals surface area contributed by atoms with E-state index in [2.05, 4.69) is 16.8 Å². The van der Waals surface area contributed by atoms with Crippen molar-refractivity contribution in [1.29, 1.82) is 0 Å². The molecule has 1 saturated heterocycles. The Morgan fingerprint density at radius 1 is 1.26 bits per heavy atom. The third-order valence-corrected chi connectivity index (χ3v) is 6.79. The molecule has 0 aliphatic carbocycles. The summed E-state index contributed by atoms with van der Waals surface area (Å²) in [5, 5.41) is 11.1. The van der Waals surface area contributed by atoms with Gasteiger partial charge in [-0.1, -0.05) is 23.4 Å². The van der Waals surface area contributed by atoms with E-state index in [4.69, 9.17) is 16.3 Å². The minimum Gasteiger partial charge on any atom is -0.497 e. The molecule has 0 spiro atoms. The summed E-state index contributed by atoms with van der Waals surface area (Å²) < 4.78 is 33.7. The average Bonchev–Trinajstić information content (AvgIpc) is 3.27. The first-order valence-corrected chi connectivity index (χ1v) is 11.7. The monoisotopic (exact) mass is 498 g/mol. The second-order valence-corrected chi connectivity index (χ2v) is 9.23. The second-order valence-electron chi connectivity index (χ2n) is 8.79. The summed E-state index contributed by atoms with van der Waals surface area (Å²) in [6, 6.07) is 9.50. The van der Waals surface area contributed by atoms with Gasteiger partial charge in [0.1, 0.15) is 17.4 Å². The van der Waals surface area contributed by atoms with Crippen LogP contribution in [0.5, 0.6) is 5.75 Å². The van der Waals surface area contributed by atoms with Crippen LogP contribution >= 0.6 is 11.6 Å². The van der Waals surface area contributed by atoms with Gasteiger partial charge in [-0.05, 0) is 67.6 Å². The van der Waals surface area contributed by atoms with Gasteiger partial charge < -0.3 is 9.84 Å². The Hall–Kier alpha value is -3.21. The Balaban J connectivity index is 1.42. The van der Waals surface area contributed by atoms with Crippen molar-refractivity contribution >= 4 is 28.5 Å². The molecule has 1 N–H and O–H groups in total. The van der Waals surface area contributed by atoms with E-state index >= 15 is 0 Å². The van der Waals surface area contributed by atoms with Crippen LogP contribution in [0.2, 0.25) is 5.02 Å². The third kappa shape index (κ3) is 5.55. The van der Waals surface area contributed by atoms with Gasteiger partial charge in [0.25, 0.3) is 0 Å². The molecule has 35 heavy (non-hydrogen) atoms. The maximum absolute atomic E-state index is 14.6. The Bertz CT molecular complexity index is 1320. The number of nitrogens with zero attached hydrogens (tertiary/aromatic N) is 2. The van der Waals surface area contributed by atoms with Crippen LogP contribution in [0, 0.1) is 28.9 Å². The molecular formula is C27H25ClF2N2O3. The van der Waals surface area contributed by atoms with Gasteiger partial charge in [-0.25, -0.2) is 8.78 Å². The van der Waals surface area contributed by atoms with Crippen molar-refractivity contribution in [2.75, 3.05) is 26.7 Å². The van der Waals surface area contributed by atoms with Crippen LogP contribution < -0.4 is 4.74 Å². The highest BCUT2D eigenvalue weighted by Crippen LogP contribution is 2.36. The predicted octanol–water partition coefficient (Wildman–Crippen LogP) is 5.33. The number of carboxylic acid groups (broad SMARTS) is 1. The predicted molar refractivity (Wildman–Crippen MR) is 131 cm³/mol. The van der Waals surface area contributed by atoms with Crippen molar-refractivity contribution in [3.8, 4) is 17.6 Å². The highest BCUT2D eigenvalue weighted by Gasteiger charge is 2.44. The van der Waals surface area contributed by atoms with Crippen LogP contribution in [0.1, 0.15) is 30.4 Å². The van der Waals surface area contributed by atoms with Crippen LogP contribution in [-0.4, -0.2) is 47.7 Å². The van der Waals surface area contributed by atoms with Gasteiger partial charge in [-0.15, -0.1) is 0 Å². The number of rotatable bonds is 7. The molecule has 0 radical (unpaired) electrons. The standard InChI is InChI=1S/C27H25ClF2N2O3/c1-35-20-7-9-25-22(15-20)21(24(30)16-31-25)5-2-10-27(26(33)34)11-13-32(17-27)12-3-4-18-14-19(28)6-8-23(18)29/h6-9,14-16H,2,5,10-13,17H2,1H3,(H,33,34). The molecule has 1 unspecified atom stereocenters. The number of hydrogen-bond donors (Lipinski definition) is 1. The van der Waals surface area contributed by atoms with E-state index in [-0.39, 0.29) is 5.56 Å². The number of aryl methyl sites for hydroxylation is 1. The molecule has 8 heteroatoms. The van der Waals surface area contributed by atoms with E-state index < -0.39 is 23.0 Å². The number of hydrogen-bond acceptors (Lipinski definition) is 4. The van der Waals surface area contributed by atoms with E-state index in [1.165, 1.54) is 24.4 Å². The first-order valence-electron chi connectivity index (χ1n) is 11.3. The topological polar surface area (TPSA) is 62.7 Å². The van der Waals surface area contributed by atoms with Crippen LogP contribution in [0.4, 0.5) is 8.78 Å². The van der Waals surface area contributed by atoms with Gasteiger partial charge in [0, 0.05) is 23.5 Å². The lowest BCUT2D eigenvalue weighted by Crippen LogP contribution is -2.35. The van der Waals surface area contributed by atoms with Crippen LogP contribution in [-0.2, 0) is 11.2 Å². The van der Waals surface area contributed by atoms with Crippen molar-refractivity contribution in [2.24, 2.45) is 5.41 Å². The van der Waals surface area contributed by atoms with Gasteiger partial charge in [0.2, 0.25) is 0 Å². The van der Waals surface area contributed by atoms with Crippen molar-refractivity contribution in [3.05, 3.63) is 70.4 Å². The molecule has 4 rings (SSSR count). The maximum Gasteiger partial charge on any atom is 0.310 e. The molecule has 2 aromatic carbocycles. The minimum atomic E-state index is -0.931. The number of fused-ring (bicyclic) bond motifs is 1. The zero-order valence-electron chi connectivity index (χ0n) is 19.3. The van der Waals surface area contributed by atoms with Crippen LogP contribution in [0.15, 0.2) is 42.6 Å². The fourth-order valence-electron chi connectivity index (χ4n) is 4.61.